The summed E-state index contributed by atoms with van der Waals surface area (Å²) in [6.45, 7) is -0.535. The highest BCUT2D eigenvalue weighted by Crippen LogP contribution is 2.11. The van der Waals surface area contributed by atoms with Gasteiger partial charge in [0.1, 0.15) is 5.54 Å². The predicted molar refractivity (Wildman–Crippen MR) is 46.1 cm³/mol. The van der Waals surface area contributed by atoms with E-state index in [1.54, 1.807) is 0 Å². The molecular formula is C7H14BNO3. The van der Waals surface area contributed by atoms with Crippen molar-refractivity contribution in [3.8, 4) is 0 Å². The number of rotatable bonds is 6. The van der Waals surface area contributed by atoms with E-state index in [2.05, 4.69) is 0 Å². The van der Waals surface area contributed by atoms with E-state index in [1.165, 1.54) is 0 Å². The molecule has 0 rings (SSSR count). The fourth-order valence-electron chi connectivity index (χ4n) is 0.838. The Hall–Kier alpha value is -0.545. The van der Waals surface area contributed by atoms with Crippen LogP contribution < -0.4 is 5.73 Å². The van der Waals surface area contributed by atoms with Crippen LogP contribution in [0.3, 0.4) is 0 Å². The molecule has 0 bridgehead atoms. The van der Waals surface area contributed by atoms with Gasteiger partial charge in [-0.2, -0.15) is 0 Å². The molecule has 1 atom stereocenters. The summed E-state index contributed by atoms with van der Waals surface area (Å²) in [6.07, 6.45) is 2.13. The fourth-order valence-corrected chi connectivity index (χ4v) is 0.838. The highest BCUT2D eigenvalue weighted by Gasteiger charge is 2.32. The van der Waals surface area contributed by atoms with E-state index < -0.39 is 18.1 Å². The molecule has 0 heterocycles. The molecule has 0 aliphatic carbocycles. The zero-order valence-corrected chi connectivity index (χ0v) is 6.99. The number of aliphatic hydroxyl groups is 1. The summed E-state index contributed by atoms with van der Waals surface area (Å²) in [6, 6.07) is 0. The van der Waals surface area contributed by atoms with Gasteiger partial charge in [-0.3, -0.25) is 4.79 Å². The lowest BCUT2D eigenvalue weighted by atomic mass is 9.91. The maximum Gasteiger partial charge on any atom is 0.326 e. The van der Waals surface area contributed by atoms with Gasteiger partial charge >= 0.3 is 5.97 Å². The van der Waals surface area contributed by atoms with Gasteiger partial charge in [-0.15, -0.1) is 0 Å². The van der Waals surface area contributed by atoms with Crippen LogP contribution in [0.5, 0.6) is 0 Å². The Kier molecular flexibility index (Phi) is 4.93. The minimum Gasteiger partial charge on any atom is -0.480 e. The summed E-state index contributed by atoms with van der Waals surface area (Å²) in [5, 5.41) is 17.3. The number of hydrogen-bond acceptors (Lipinski definition) is 3. The molecule has 5 heteroatoms. The standard InChI is InChI=1S/C7H14BNO3/c8-4-2-1-3-7(9,5-10)6(11)12/h10H,1-5,9H2,(H,11,12). The van der Waals surface area contributed by atoms with Crippen LogP contribution in [-0.4, -0.2) is 36.2 Å². The molecule has 12 heavy (non-hydrogen) atoms. The molecule has 1 unspecified atom stereocenters. The number of aliphatic hydroxyl groups excluding tert-OH is 1. The molecule has 4 nitrogen and oxygen atoms in total. The molecule has 0 saturated carbocycles. The largest absolute Gasteiger partial charge is 0.480 e. The number of carbonyl (C=O) groups is 1. The van der Waals surface area contributed by atoms with Crippen LogP contribution in [0.1, 0.15) is 19.3 Å². The molecule has 0 aromatic rings. The number of nitrogens with two attached hydrogens (primary N) is 1. The maximum atomic E-state index is 10.5. The third kappa shape index (κ3) is 3.23. The molecule has 0 fully saturated rings. The van der Waals surface area contributed by atoms with Crippen molar-refractivity contribution in [2.75, 3.05) is 6.61 Å². The Morgan fingerprint density at radius 3 is 2.42 bits per heavy atom. The number of unbranched alkanes of at least 4 members (excludes halogenated alkanes) is 1. The third-order valence-electron chi connectivity index (χ3n) is 1.79. The van der Waals surface area contributed by atoms with Gasteiger partial charge in [-0.25, -0.2) is 0 Å². The average molecular weight is 171 g/mol. The van der Waals surface area contributed by atoms with Gasteiger partial charge < -0.3 is 15.9 Å². The highest BCUT2D eigenvalue weighted by atomic mass is 16.4. The van der Waals surface area contributed by atoms with E-state index in [-0.39, 0.29) is 6.42 Å². The van der Waals surface area contributed by atoms with Gasteiger partial charge in [-0.1, -0.05) is 19.2 Å². The Balaban J connectivity index is 3.88. The first-order valence-corrected chi connectivity index (χ1v) is 3.90. The Bertz CT molecular complexity index is 154. The van der Waals surface area contributed by atoms with E-state index in [0.29, 0.717) is 12.7 Å². The molecule has 68 valence electrons. The molecule has 0 saturated heterocycles. The van der Waals surface area contributed by atoms with Gasteiger partial charge in [0.2, 0.25) is 0 Å². The fraction of sp³-hybridized carbons (Fsp3) is 0.857. The molecular weight excluding hydrogens is 157 g/mol. The van der Waals surface area contributed by atoms with Gasteiger partial charge in [0.25, 0.3) is 0 Å². The van der Waals surface area contributed by atoms with Crippen LogP contribution in [0, 0.1) is 0 Å². The minimum absolute atomic E-state index is 0.260. The van der Waals surface area contributed by atoms with Crippen molar-refractivity contribution in [1.82, 2.24) is 0 Å². The van der Waals surface area contributed by atoms with E-state index in [0.717, 1.165) is 6.42 Å². The second kappa shape index (κ2) is 5.16. The van der Waals surface area contributed by atoms with Crippen molar-refractivity contribution in [2.45, 2.75) is 31.1 Å². The van der Waals surface area contributed by atoms with Crippen molar-refractivity contribution in [2.24, 2.45) is 5.73 Å². The summed E-state index contributed by atoms with van der Waals surface area (Å²) in [5.41, 5.74) is 3.90. The number of aliphatic carboxylic acids is 1. The van der Waals surface area contributed by atoms with Crippen molar-refractivity contribution in [3.63, 3.8) is 0 Å². The second-order valence-electron chi connectivity index (χ2n) is 2.87. The maximum absolute atomic E-state index is 10.5. The lowest BCUT2D eigenvalue weighted by Gasteiger charge is -2.21. The van der Waals surface area contributed by atoms with Crippen molar-refractivity contribution < 1.29 is 15.0 Å². The smallest absolute Gasteiger partial charge is 0.326 e. The van der Waals surface area contributed by atoms with Gasteiger partial charge in [0.15, 0.2) is 0 Å². The Morgan fingerprint density at radius 2 is 2.08 bits per heavy atom. The molecule has 0 aliphatic heterocycles. The number of hydrogen-bond donors (Lipinski definition) is 3. The molecule has 0 aliphatic rings. The Morgan fingerprint density at radius 1 is 1.50 bits per heavy atom. The summed E-state index contributed by atoms with van der Waals surface area (Å²) in [7, 11) is 5.22. The monoisotopic (exact) mass is 171 g/mol. The van der Waals surface area contributed by atoms with E-state index in [4.69, 9.17) is 23.8 Å². The summed E-state index contributed by atoms with van der Waals surface area (Å²) in [4.78, 5) is 10.5. The van der Waals surface area contributed by atoms with Crippen molar-refractivity contribution >= 4 is 13.8 Å². The first-order chi connectivity index (χ1) is 5.56. The zero-order valence-electron chi connectivity index (χ0n) is 6.99. The van der Waals surface area contributed by atoms with E-state index >= 15 is 0 Å². The minimum atomic E-state index is -1.49. The third-order valence-corrected chi connectivity index (χ3v) is 1.79. The first kappa shape index (κ1) is 11.5. The van der Waals surface area contributed by atoms with E-state index in [9.17, 15) is 4.79 Å². The Labute approximate surface area is 73.2 Å². The number of carboxylic acid groups (broad SMARTS) is 1. The lowest BCUT2D eigenvalue weighted by Crippen LogP contribution is -2.51. The van der Waals surface area contributed by atoms with Gasteiger partial charge in [0, 0.05) is 0 Å². The van der Waals surface area contributed by atoms with Crippen molar-refractivity contribution in [1.29, 1.82) is 0 Å². The van der Waals surface area contributed by atoms with Crippen LogP contribution >= 0.6 is 0 Å². The highest BCUT2D eigenvalue weighted by molar-refractivity contribution is 6.08. The summed E-state index contributed by atoms with van der Waals surface area (Å²) < 4.78 is 0. The van der Waals surface area contributed by atoms with Crippen LogP contribution in [0.15, 0.2) is 0 Å². The van der Waals surface area contributed by atoms with Crippen LogP contribution in [0.25, 0.3) is 0 Å². The molecule has 0 amide bonds. The quantitative estimate of drug-likeness (QED) is 0.372. The van der Waals surface area contributed by atoms with Gasteiger partial charge in [-0.05, 0) is 6.42 Å². The summed E-state index contributed by atoms with van der Waals surface area (Å²) >= 11 is 0. The van der Waals surface area contributed by atoms with Crippen LogP contribution in [0.4, 0.5) is 0 Å². The topological polar surface area (TPSA) is 83.5 Å². The van der Waals surface area contributed by atoms with Crippen LogP contribution in [0.2, 0.25) is 6.32 Å². The molecule has 0 aromatic carbocycles. The number of carboxylic acids is 1. The van der Waals surface area contributed by atoms with Crippen molar-refractivity contribution in [3.05, 3.63) is 0 Å². The van der Waals surface area contributed by atoms with Crippen LogP contribution in [-0.2, 0) is 4.79 Å². The van der Waals surface area contributed by atoms with E-state index in [1.807, 2.05) is 0 Å². The zero-order chi connectivity index (χ0) is 9.61. The summed E-state index contributed by atoms with van der Waals surface area (Å²) in [5.74, 6) is -1.16. The normalized spacial score (nSPS) is 15.5. The van der Waals surface area contributed by atoms with Gasteiger partial charge in [0.05, 0.1) is 14.5 Å². The molecule has 2 radical (unpaired) electrons. The SMILES string of the molecule is [B]CCCCC(N)(CO)C(=O)O. The first-order valence-electron chi connectivity index (χ1n) is 3.90. The molecule has 4 N–H and O–H groups in total. The predicted octanol–water partition coefficient (Wildman–Crippen LogP) is -0.482. The average Bonchev–Trinajstić information content (AvgIpc) is 2.04. The molecule has 0 aromatic heterocycles. The molecule has 0 spiro atoms. The second-order valence-corrected chi connectivity index (χ2v) is 2.87. The lowest BCUT2D eigenvalue weighted by molar-refractivity contribution is -0.145.